The molecule has 0 amide bonds. The number of rotatable bonds is 4. The van der Waals surface area contributed by atoms with Crippen molar-refractivity contribution in [3.63, 3.8) is 0 Å². The first-order chi connectivity index (χ1) is 7.11. The van der Waals surface area contributed by atoms with Crippen LogP contribution < -0.4 is 5.73 Å². The Bertz CT molecular complexity index is 318. The molecule has 1 unspecified atom stereocenters. The summed E-state index contributed by atoms with van der Waals surface area (Å²) < 4.78 is 0. The van der Waals surface area contributed by atoms with Crippen molar-refractivity contribution in [3.8, 4) is 0 Å². The van der Waals surface area contributed by atoms with Crippen molar-refractivity contribution in [1.29, 1.82) is 0 Å². The normalized spacial score (nSPS) is 13.2. The largest absolute Gasteiger partial charge is 0.324 e. The monoisotopic (exact) mass is 225 g/mol. The van der Waals surface area contributed by atoms with Crippen molar-refractivity contribution in [2.75, 3.05) is 0 Å². The Morgan fingerprint density at radius 2 is 1.87 bits per heavy atom. The number of hydrogen-bond acceptors (Lipinski definition) is 1. The zero-order chi connectivity index (χ0) is 11.4. The van der Waals surface area contributed by atoms with Gasteiger partial charge in [0.2, 0.25) is 0 Å². The second-order valence-electron chi connectivity index (χ2n) is 4.06. The highest BCUT2D eigenvalue weighted by molar-refractivity contribution is 6.31. The van der Waals surface area contributed by atoms with Crippen molar-refractivity contribution in [3.05, 3.63) is 34.3 Å². The summed E-state index contributed by atoms with van der Waals surface area (Å²) in [5.41, 5.74) is 8.59. The van der Waals surface area contributed by atoms with Gasteiger partial charge in [0.1, 0.15) is 0 Å². The van der Waals surface area contributed by atoms with Gasteiger partial charge in [-0.1, -0.05) is 50.4 Å². The molecule has 0 aromatic heterocycles. The summed E-state index contributed by atoms with van der Waals surface area (Å²) in [4.78, 5) is 0. The zero-order valence-corrected chi connectivity index (χ0v) is 10.5. The first-order valence-corrected chi connectivity index (χ1v) is 6.00. The SMILES string of the molecule is CCC(CC)C(N)c1cccc(Cl)c1C. The minimum Gasteiger partial charge on any atom is -0.324 e. The van der Waals surface area contributed by atoms with Gasteiger partial charge in [0.05, 0.1) is 0 Å². The van der Waals surface area contributed by atoms with E-state index in [4.69, 9.17) is 17.3 Å². The Morgan fingerprint density at radius 3 is 2.40 bits per heavy atom. The molecule has 0 heterocycles. The number of halogens is 1. The third kappa shape index (κ3) is 2.73. The van der Waals surface area contributed by atoms with E-state index in [9.17, 15) is 0 Å². The molecule has 0 aliphatic carbocycles. The van der Waals surface area contributed by atoms with E-state index < -0.39 is 0 Å². The molecule has 0 saturated carbocycles. The summed E-state index contributed by atoms with van der Waals surface area (Å²) in [6.07, 6.45) is 2.23. The fraction of sp³-hybridized carbons (Fsp3) is 0.538. The Hall–Kier alpha value is -0.530. The number of nitrogens with two attached hydrogens (primary N) is 1. The molecule has 1 nitrogen and oxygen atoms in total. The second kappa shape index (κ2) is 5.53. The maximum atomic E-state index is 6.27. The summed E-state index contributed by atoms with van der Waals surface area (Å²) in [5, 5.41) is 0.814. The van der Waals surface area contributed by atoms with Crippen LogP contribution in [0.25, 0.3) is 0 Å². The summed E-state index contributed by atoms with van der Waals surface area (Å²) in [6.45, 7) is 6.42. The van der Waals surface area contributed by atoms with Crippen molar-refractivity contribution in [2.24, 2.45) is 11.7 Å². The van der Waals surface area contributed by atoms with E-state index in [1.54, 1.807) is 0 Å². The molecule has 0 spiro atoms. The van der Waals surface area contributed by atoms with Crippen LogP contribution in [0.1, 0.15) is 43.9 Å². The van der Waals surface area contributed by atoms with Gasteiger partial charge in [-0.15, -0.1) is 0 Å². The molecule has 2 heteroatoms. The maximum absolute atomic E-state index is 6.27. The molecule has 0 aliphatic rings. The van der Waals surface area contributed by atoms with Crippen LogP contribution in [0.3, 0.4) is 0 Å². The molecule has 1 aromatic carbocycles. The Kier molecular flexibility index (Phi) is 4.62. The Balaban J connectivity index is 2.99. The van der Waals surface area contributed by atoms with Crippen molar-refractivity contribution < 1.29 is 0 Å². The molecule has 0 fully saturated rings. The molecule has 84 valence electrons. The van der Waals surface area contributed by atoms with Gasteiger partial charge in [-0.3, -0.25) is 0 Å². The van der Waals surface area contributed by atoms with Crippen LogP contribution in [0, 0.1) is 12.8 Å². The maximum Gasteiger partial charge on any atom is 0.0438 e. The topological polar surface area (TPSA) is 26.0 Å². The molecule has 0 saturated heterocycles. The Morgan fingerprint density at radius 1 is 1.27 bits per heavy atom. The van der Waals surface area contributed by atoms with Crippen LogP contribution in [0.4, 0.5) is 0 Å². The van der Waals surface area contributed by atoms with Gasteiger partial charge >= 0.3 is 0 Å². The van der Waals surface area contributed by atoms with Crippen LogP contribution in [-0.2, 0) is 0 Å². The van der Waals surface area contributed by atoms with Crippen LogP contribution in [-0.4, -0.2) is 0 Å². The average molecular weight is 226 g/mol. The van der Waals surface area contributed by atoms with E-state index in [-0.39, 0.29) is 6.04 Å². The smallest absolute Gasteiger partial charge is 0.0438 e. The van der Waals surface area contributed by atoms with Gasteiger partial charge in [0.25, 0.3) is 0 Å². The fourth-order valence-electron chi connectivity index (χ4n) is 2.04. The predicted molar refractivity (Wildman–Crippen MR) is 67.2 cm³/mol. The standard InChI is InChI=1S/C13H20ClN/c1-4-10(5-2)13(15)11-7-6-8-12(14)9(11)3/h6-8,10,13H,4-5,15H2,1-3H3. The van der Waals surface area contributed by atoms with E-state index in [0.717, 1.165) is 23.4 Å². The van der Waals surface area contributed by atoms with Crippen molar-refractivity contribution >= 4 is 11.6 Å². The van der Waals surface area contributed by atoms with E-state index >= 15 is 0 Å². The molecule has 0 aliphatic heterocycles. The van der Waals surface area contributed by atoms with Crippen molar-refractivity contribution in [2.45, 2.75) is 39.7 Å². The second-order valence-corrected chi connectivity index (χ2v) is 4.46. The number of hydrogen-bond donors (Lipinski definition) is 1. The summed E-state index contributed by atoms with van der Waals surface area (Å²) in [7, 11) is 0. The predicted octanol–water partition coefficient (Wildman–Crippen LogP) is 4.08. The highest BCUT2D eigenvalue weighted by Gasteiger charge is 2.18. The Labute approximate surface area is 97.6 Å². The highest BCUT2D eigenvalue weighted by Crippen LogP contribution is 2.30. The molecule has 1 aromatic rings. The molecule has 2 N–H and O–H groups in total. The third-order valence-electron chi connectivity index (χ3n) is 3.23. The van der Waals surface area contributed by atoms with Crippen LogP contribution in [0.2, 0.25) is 5.02 Å². The fourth-order valence-corrected chi connectivity index (χ4v) is 2.22. The first-order valence-electron chi connectivity index (χ1n) is 5.62. The van der Waals surface area contributed by atoms with Gasteiger partial charge in [0, 0.05) is 11.1 Å². The minimum atomic E-state index is 0.110. The molecule has 15 heavy (non-hydrogen) atoms. The average Bonchev–Trinajstić information content (AvgIpc) is 2.23. The molecule has 1 atom stereocenters. The first kappa shape index (κ1) is 12.5. The summed E-state index contributed by atoms with van der Waals surface area (Å²) in [5.74, 6) is 0.544. The molecule has 0 radical (unpaired) electrons. The van der Waals surface area contributed by atoms with Gasteiger partial charge in [-0.25, -0.2) is 0 Å². The summed E-state index contributed by atoms with van der Waals surface area (Å²) >= 11 is 6.09. The lowest BCUT2D eigenvalue weighted by molar-refractivity contribution is 0.404. The lowest BCUT2D eigenvalue weighted by Gasteiger charge is -2.23. The van der Waals surface area contributed by atoms with Crippen LogP contribution in [0.15, 0.2) is 18.2 Å². The number of benzene rings is 1. The van der Waals surface area contributed by atoms with Crippen LogP contribution >= 0.6 is 11.6 Å². The van der Waals surface area contributed by atoms with Gasteiger partial charge in [-0.05, 0) is 30.0 Å². The van der Waals surface area contributed by atoms with Crippen molar-refractivity contribution in [1.82, 2.24) is 0 Å². The highest BCUT2D eigenvalue weighted by atomic mass is 35.5. The lowest BCUT2D eigenvalue weighted by Crippen LogP contribution is -2.21. The van der Waals surface area contributed by atoms with Gasteiger partial charge in [-0.2, -0.15) is 0 Å². The molecular formula is C13H20ClN. The quantitative estimate of drug-likeness (QED) is 0.821. The van der Waals surface area contributed by atoms with E-state index in [2.05, 4.69) is 19.9 Å². The summed E-state index contributed by atoms with van der Waals surface area (Å²) in [6, 6.07) is 6.09. The van der Waals surface area contributed by atoms with E-state index in [1.807, 2.05) is 19.1 Å². The van der Waals surface area contributed by atoms with Crippen LogP contribution in [0.5, 0.6) is 0 Å². The van der Waals surface area contributed by atoms with E-state index in [0.29, 0.717) is 5.92 Å². The molecular weight excluding hydrogens is 206 g/mol. The zero-order valence-electron chi connectivity index (χ0n) is 9.76. The van der Waals surface area contributed by atoms with E-state index in [1.165, 1.54) is 5.56 Å². The lowest BCUT2D eigenvalue weighted by atomic mass is 9.87. The molecule has 0 bridgehead atoms. The van der Waals surface area contributed by atoms with Gasteiger partial charge in [0.15, 0.2) is 0 Å². The minimum absolute atomic E-state index is 0.110. The third-order valence-corrected chi connectivity index (χ3v) is 3.63. The molecule has 1 rings (SSSR count). The van der Waals surface area contributed by atoms with Gasteiger partial charge < -0.3 is 5.73 Å².